The van der Waals surface area contributed by atoms with Crippen LogP contribution in [0, 0.1) is 23.0 Å². The van der Waals surface area contributed by atoms with Gasteiger partial charge in [-0.1, -0.05) is 12.1 Å². The fraction of sp³-hybridized carbons (Fsp3) is 0.316. The van der Waals surface area contributed by atoms with Gasteiger partial charge in [-0.05, 0) is 61.1 Å². The summed E-state index contributed by atoms with van der Waals surface area (Å²) in [5, 5.41) is 22.2. The number of nitriles is 1. The molecule has 24 heavy (non-hydrogen) atoms. The van der Waals surface area contributed by atoms with Crippen molar-refractivity contribution in [2.24, 2.45) is 0 Å². The first-order valence-electron chi connectivity index (χ1n) is 8.01. The van der Waals surface area contributed by atoms with E-state index in [2.05, 4.69) is 11.4 Å². The van der Waals surface area contributed by atoms with E-state index in [0.717, 1.165) is 37.8 Å². The van der Waals surface area contributed by atoms with Crippen LogP contribution in [0.4, 0.5) is 14.5 Å². The number of halogens is 2. The SMILES string of the molecule is N#Cc1ccc(-c2ccc(F)c(F)c2)cc1NC1CCC(O)CC1. The van der Waals surface area contributed by atoms with Crippen LogP contribution in [0.5, 0.6) is 0 Å². The molecule has 0 radical (unpaired) electrons. The molecule has 2 aromatic rings. The van der Waals surface area contributed by atoms with Gasteiger partial charge >= 0.3 is 0 Å². The number of rotatable bonds is 3. The zero-order valence-electron chi connectivity index (χ0n) is 13.1. The Bertz CT molecular complexity index is 777. The van der Waals surface area contributed by atoms with E-state index < -0.39 is 11.6 Å². The number of nitrogens with zero attached hydrogens (tertiary/aromatic N) is 1. The van der Waals surface area contributed by atoms with E-state index in [1.54, 1.807) is 18.2 Å². The summed E-state index contributed by atoms with van der Waals surface area (Å²) < 4.78 is 26.6. The average molecular weight is 328 g/mol. The molecule has 1 aliphatic carbocycles. The minimum atomic E-state index is -0.896. The van der Waals surface area contributed by atoms with E-state index >= 15 is 0 Å². The number of aliphatic hydroxyl groups is 1. The molecule has 2 N–H and O–H groups in total. The van der Waals surface area contributed by atoms with Gasteiger partial charge in [0.1, 0.15) is 6.07 Å². The first kappa shape index (κ1) is 16.4. The highest BCUT2D eigenvalue weighted by Gasteiger charge is 2.20. The Labute approximate surface area is 139 Å². The van der Waals surface area contributed by atoms with Crippen molar-refractivity contribution >= 4 is 5.69 Å². The van der Waals surface area contributed by atoms with Crippen LogP contribution in [0.15, 0.2) is 36.4 Å². The van der Waals surface area contributed by atoms with Crippen molar-refractivity contribution in [3.63, 3.8) is 0 Å². The lowest BCUT2D eigenvalue weighted by Crippen LogP contribution is -2.28. The van der Waals surface area contributed by atoms with E-state index in [0.29, 0.717) is 22.4 Å². The highest BCUT2D eigenvalue weighted by atomic mass is 19.2. The molecule has 0 spiro atoms. The maximum absolute atomic E-state index is 13.5. The number of nitrogens with one attached hydrogen (secondary N) is 1. The number of hydrogen-bond donors (Lipinski definition) is 2. The van der Waals surface area contributed by atoms with Gasteiger partial charge in [0.15, 0.2) is 11.6 Å². The fourth-order valence-electron chi connectivity index (χ4n) is 3.06. The summed E-state index contributed by atoms with van der Waals surface area (Å²) in [6.45, 7) is 0. The van der Waals surface area contributed by atoms with Crippen LogP contribution < -0.4 is 5.32 Å². The van der Waals surface area contributed by atoms with Crippen LogP contribution in [0.2, 0.25) is 0 Å². The van der Waals surface area contributed by atoms with Crippen molar-refractivity contribution in [1.82, 2.24) is 0 Å². The molecule has 124 valence electrons. The number of aliphatic hydroxyl groups excluding tert-OH is 1. The minimum absolute atomic E-state index is 0.195. The Balaban J connectivity index is 1.88. The molecule has 1 saturated carbocycles. The summed E-state index contributed by atoms with van der Waals surface area (Å²) in [5.74, 6) is -1.78. The highest BCUT2D eigenvalue weighted by molar-refractivity contribution is 5.72. The van der Waals surface area contributed by atoms with Gasteiger partial charge in [0.2, 0.25) is 0 Å². The quantitative estimate of drug-likeness (QED) is 0.887. The van der Waals surface area contributed by atoms with E-state index in [1.807, 2.05) is 0 Å². The number of benzene rings is 2. The minimum Gasteiger partial charge on any atom is -0.393 e. The van der Waals surface area contributed by atoms with Crippen LogP contribution in [-0.4, -0.2) is 17.3 Å². The molecule has 1 aliphatic rings. The van der Waals surface area contributed by atoms with Crippen molar-refractivity contribution in [2.45, 2.75) is 37.8 Å². The second-order valence-electron chi connectivity index (χ2n) is 6.15. The summed E-state index contributed by atoms with van der Waals surface area (Å²) in [7, 11) is 0. The Morgan fingerprint density at radius 3 is 2.29 bits per heavy atom. The predicted molar refractivity (Wildman–Crippen MR) is 88.4 cm³/mol. The van der Waals surface area contributed by atoms with Gasteiger partial charge < -0.3 is 10.4 Å². The maximum Gasteiger partial charge on any atom is 0.159 e. The van der Waals surface area contributed by atoms with Gasteiger partial charge in [-0.25, -0.2) is 8.78 Å². The zero-order chi connectivity index (χ0) is 17.1. The van der Waals surface area contributed by atoms with Gasteiger partial charge in [-0.2, -0.15) is 5.26 Å². The van der Waals surface area contributed by atoms with Crippen LogP contribution in [0.3, 0.4) is 0 Å². The van der Waals surface area contributed by atoms with E-state index in [9.17, 15) is 19.1 Å². The normalized spacial score (nSPS) is 20.4. The van der Waals surface area contributed by atoms with Gasteiger partial charge in [0.05, 0.1) is 17.4 Å². The molecule has 0 saturated heterocycles. The molecule has 0 bridgehead atoms. The molecule has 0 atom stereocenters. The third kappa shape index (κ3) is 3.55. The highest BCUT2D eigenvalue weighted by Crippen LogP contribution is 2.29. The number of anilines is 1. The first-order chi connectivity index (χ1) is 11.6. The molecule has 5 heteroatoms. The lowest BCUT2D eigenvalue weighted by Gasteiger charge is -2.27. The average Bonchev–Trinajstić information content (AvgIpc) is 2.59. The molecular formula is C19H18F2N2O. The lowest BCUT2D eigenvalue weighted by atomic mass is 9.92. The van der Waals surface area contributed by atoms with Crippen LogP contribution in [0.25, 0.3) is 11.1 Å². The van der Waals surface area contributed by atoms with E-state index in [-0.39, 0.29) is 12.1 Å². The summed E-state index contributed by atoms with van der Waals surface area (Å²) in [6, 6.07) is 11.3. The van der Waals surface area contributed by atoms with E-state index in [4.69, 9.17) is 0 Å². The Morgan fingerprint density at radius 2 is 1.62 bits per heavy atom. The second-order valence-corrected chi connectivity index (χ2v) is 6.15. The van der Waals surface area contributed by atoms with E-state index in [1.165, 1.54) is 6.07 Å². The summed E-state index contributed by atoms with van der Waals surface area (Å²) in [5.41, 5.74) is 2.46. The summed E-state index contributed by atoms with van der Waals surface area (Å²) >= 11 is 0. The third-order valence-electron chi connectivity index (χ3n) is 4.45. The lowest BCUT2D eigenvalue weighted by molar-refractivity contribution is 0.126. The summed E-state index contributed by atoms with van der Waals surface area (Å²) in [4.78, 5) is 0. The van der Waals surface area contributed by atoms with Gasteiger partial charge in [0.25, 0.3) is 0 Å². The molecule has 0 aliphatic heterocycles. The topological polar surface area (TPSA) is 56.0 Å². The fourth-order valence-corrected chi connectivity index (χ4v) is 3.06. The van der Waals surface area contributed by atoms with Crippen LogP contribution in [-0.2, 0) is 0 Å². The Hall–Kier alpha value is -2.45. The van der Waals surface area contributed by atoms with Crippen molar-refractivity contribution in [2.75, 3.05) is 5.32 Å². The molecule has 3 nitrogen and oxygen atoms in total. The standard InChI is InChI=1S/C19H18F2N2O/c20-17-8-3-12(9-18(17)21)13-1-2-14(11-22)19(10-13)23-15-4-6-16(24)7-5-15/h1-3,8-10,15-16,23-24H,4-7H2. The molecule has 2 aromatic carbocycles. The van der Waals surface area contributed by atoms with Crippen LogP contribution in [0.1, 0.15) is 31.2 Å². The molecular weight excluding hydrogens is 310 g/mol. The van der Waals surface area contributed by atoms with Gasteiger partial charge in [-0.3, -0.25) is 0 Å². The molecule has 1 fully saturated rings. The Morgan fingerprint density at radius 1 is 0.958 bits per heavy atom. The van der Waals surface area contributed by atoms with Crippen molar-refractivity contribution in [3.05, 3.63) is 53.6 Å². The van der Waals surface area contributed by atoms with Crippen molar-refractivity contribution in [3.8, 4) is 17.2 Å². The monoisotopic (exact) mass is 328 g/mol. The molecule has 3 rings (SSSR count). The second kappa shape index (κ2) is 6.98. The Kier molecular flexibility index (Phi) is 4.77. The van der Waals surface area contributed by atoms with Crippen molar-refractivity contribution < 1.29 is 13.9 Å². The number of hydrogen-bond acceptors (Lipinski definition) is 3. The molecule has 0 amide bonds. The molecule has 0 aromatic heterocycles. The smallest absolute Gasteiger partial charge is 0.159 e. The molecule has 0 heterocycles. The maximum atomic E-state index is 13.5. The van der Waals surface area contributed by atoms with Crippen LogP contribution >= 0.6 is 0 Å². The third-order valence-corrected chi connectivity index (χ3v) is 4.45. The zero-order valence-corrected chi connectivity index (χ0v) is 13.1. The molecule has 0 unspecified atom stereocenters. The van der Waals surface area contributed by atoms with Crippen molar-refractivity contribution in [1.29, 1.82) is 5.26 Å². The largest absolute Gasteiger partial charge is 0.393 e. The first-order valence-corrected chi connectivity index (χ1v) is 8.01. The predicted octanol–water partition coefficient (Wildman–Crippen LogP) is 4.22. The summed E-state index contributed by atoms with van der Waals surface area (Å²) in [6.07, 6.45) is 2.90. The van der Waals surface area contributed by atoms with Gasteiger partial charge in [0, 0.05) is 6.04 Å². The van der Waals surface area contributed by atoms with Gasteiger partial charge in [-0.15, -0.1) is 0 Å².